The molecule has 0 unspecified atom stereocenters. The Morgan fingerprint density at radius 3 is 1.07 bits per heavy atom. The van der Waals surface area contributed by atoms with Crippen LogP contribution in [-0.4, -0.2) is 0 Å². The predicted octanol–water partition coefficient (Wildman–Crippen LogP) is 15.7. The summed E-state index contributed by atoms with van der Waals surface area (Å²) >= 11 is 0. The molecule has 0 spiro atoms. The molecule has 11 aromatic carbocycles. The quantitative estimate of drug-likeness (QED) is 0.151. The van der Waals surface area contributed by atoms with Gasteiger partial charge in [0.2, 0.25) is 0 Å². The largest absolute Gasteiger partial charge is 0.0622 e. The van der Waals surface area contributed by atoms with E-state index in [0.29, 0.717) is 0 Å². The van der Waals surface area contributed by atoms with Crippen molar-refractivity contribution in [2.24, 2.45) is 0 Å². The van der Waals surface area contributed by atoms with E-state index < -0.39 is 0 Å². The smallest absolute Gasteiger partial charge is 0.000740 e. The minimum atomic E-state index is 1.19. The first-order valence-corrected chi connectivity index (χ1v) is 19.4. The minimum Gasteiger partial charge on any atom is -0.0622 e. The summed E-state index contributed by atoms with van der Waals surface area (Å²) in [6.45, 7) is 0. The first-order valence-electron chi connectivity index (χ1n) is 19.4. The molecular formula is C56H36. The lowest BCUT2D eigenvalue weighted by Crippen LogP contribution is -2.03. The van der Waals surface area contributed by atoms with Crippen LogP contribution < -0.4 is 0 Å². The van der Waals surface area contributed by atoms with Gasteiger partial charge in [-0.15, -0.1) is 0 Å². The molecule has 0 nitrogen and oxygen atoms in total. The normalized spacial score (nSPS) is 11.6. The molecule has 0 fully saturated rings. The van der Waals surface area contributed by atoms with Crippen LogP contribution in [0.25, 0.3) is 110 Å². The van der Waals surface area contributed by atoms with Crippen molar-refractivity contribution in [2.75, 3.05) is 0 Å². The van der Waals surface area contributed by atoms with E-state index in [-0.39, 0.29) is 0 Å². The Labute approximate surface area is 326 Å². The Morgan fingerprint density at radius 2 is 0.536 bits per heavy atom. The average molecular weight is 709 g/mol. The summed E-state index contributed by atoms with van der Waals surface area (Å²) in [5.41, 5.74) is 14.6. The topological polar surface area (TPSA) is 0 Å². The van der Waals surface area contributed by atoms with Gasteiger partial charge < -0.3 is 0 Å². The Bertz CT molecular complexity index is 3180. The molecule has 0 bridgehead atoms. The highest BCUT2D eigenvalue weighted by Gasteiger charge is 2.30. The summed E-state index contributed by atoms with van der Waals surface area (Å²) in [6.07, 6.45) is 0. The van der Waals surface area contributed by atoms with Gasteiger partial charge in [0.05, 0.1) is 0 Å². The molecule has 0 saturated heterocycles. The van der Waals surface area contributed by atoms with Crippen LogP contribution in [0.2, 0.25) is 0 Å². The van der Waals surface area contributed by atoms with Gasteiger partial charge in [-0.05, 0) is 110 Å². The van der Waals surface area contributed by atoms with Crippen LogP contribution in [0.4, 0.5) is 0 Å². The minimum absolute atomic E-state index is 1.19. The van der Waals surface area contributed by atoms with Crippen molar-refractivity contribution in [3.8, 4) is 66.8 Å². The van der Waals surface area contributed by atoms with Gasteiger partial charge in [0, 0.05) is 0 Å². The highest BCUT2D eigenvalue weighted by Crippen LogP contribution is 2.57. The molecule has 0 saturated carbocycles. The molecule has 11 rings (SSSR count). The highest BCUT2D eigenvalue weighted by molar-refractivity contribution is 6.28. The third-order valence-corrected chi connectivity index (χ3v) is 11.6. The molecule has 0 aliphatic rings. The Balaban J connectivity index is 1.47. The van der Waals surface area contributed by atoms with Crippen molar-refractivity contribution < 1.29 is 0 Å². The number of benzene rings is 11. The van der Waals surface area contributed by atoms with E-state index in [9.17, 15) is 0 Å². The van der Waals surface area contributed by atoms with Crippen molar-refractivity contribution in [2.45, 2.75) is 0 Å². The van der Waals surface area contributed by atoms with Crippen LogP contribution in [0.5, 0.6) is 0 Å². The van der Waals surface area contributed by atoms with E-state index in [1.807, 2.05) is 0 Å². The lowest BCUT2D eigenvalue weighted by Gasteiger charge is -2.30. The zero-order valence-corrected chi connectivity index (χ0v) is 30.8. The van der Waals surface area contributed by atoms with Gasteiger partial charge in [0.1, 0.15) is 0 Å². The predicted molar refractivity (Wildman–Crippen MR) is 240 cm³/mol. The maximum Gasteiger partial charge on any atom is -0.000740 e. The van der Waals surface area contributed by atoms with Crippen LogP contribution in [-0.2, 0) is 0 Å². The van der Waals surface area contributed by atoms with Crippen molar-refractivity contribution in [1.29, 1.82) is 0 Å². The van der Waals surface area contributed by atoms with Crippen LogP contribution in [0.15, 0.2) is 218 Å². The van der Waals surface area contributed by atoms with Crippen LogP contribution in [0.3, 0.4) is 0 Å². The first kappa shape index (κ1) is 32.2. The van der Waals surface area contributed by atoms with E-state index in [1.165, 1.54) is 110 Å². The van der Waals surface area contributed by atoms with Crippen LogP contribution in [0, 0.1) is 0 Å². The van der Waals surface area contributed by atoms with Crippen molar-refractivity contribution in [3.05, 3.63) is 218 Å². The third kappa shape index (κ3) is 5.08. The number of hydrogen-bond acceptors (Lipinski definition) is 0. The second kappa shape index (κ2) is 13.2. The fraction of sp³-hybridized carbons (Fsp3) is 0. The van der Waals surface area contributed by atoms with Crippen LogP contribution >= 0.6 is 0 Å². The van der Waals surface area contributed by atoms with Crippen molar-refractivity contribution in [1.82, 2.24) is 0 Å². The fourth-order valence-corrected chi connectivity index (χ4v) is 9.26. The van der Waals surface area contributed by atoms with Crippen LogP contribution in [0.1, 0.15) is 0 Å². The summed E-state index contributed by atoms with van der Waals surface area (Å²) in [4.78, 5) is 0. The van der Waals surface area contributed by atoms with E-state index in [4.69, 9.17) is 0 Å². The first-order chi connectivity index (χ1) is 27.8. The molecule has 0 atom stereocenters. The number of fused-ring (bicyclic) bond motifs is 1. The van der Waals surface area contributed by atoms with Gasteiger partial charge in [-0.1, -0.05) is 218 Å². The average Bonchev–Trinajstić information content (AvgIpc) is 3.28. The van der Waals surface area contributed by atoms with E-state index in [1.54, 1.807) is 0 Å². The maximum absolute atomic E-state index is 2.39. The van der Waals surface area contributed by atoms with Crippen molar-refractivity contribution in [3.63, 3.8) is 0 Å². The molecular weight excluding hydrogens is 673 g/mol. The molecule has 260 valence electrons. The molecule has 0 aliphatic carbocycles. The lowest BCUT2D eigenvalue weighted by molar-refractivity contribution is 1.53. The number of hydrogen-bond donors (Lipinski definition) is 0. The SMILES string of the molecule is c1ccc(-c2c(-c3ccccc3)c(-c3ccccc3)c(-c3ccc4ccc5cccc6ccc3c4c56)c(-c3cccc4ccccc34)c2-c2ccccc2)cc1. The van der Waals surface area contributed by atoms with Crippen molar-refractivity contribution >= 4 is 43.1 Å². The summed E-state index contributed by atoms with van der Waals surface area (Å²) in [7, 11) is 0. The number of rotatable bonds is 6. The Morgan fingerprint density at radius 1 is 0.179 bits per heavy atom. The van der Waals surface area contributed by atoms with E-state index in [0.717, 1.165) is 0 Å². The molecule has 0 N–H and O–H groups in total. The molecule has 0 radical (unpaired) electrons. The van der Waals surface area contributed by atoms with Gasteiger partial charge >= 0.3 is 0 Å². The second-order valence-electron chi connectivity index (χ2n) is 14.7. The monoisotopic (exact) mass is 708 g/mol. The molecule has 0 aliphatic heterocycles. The molecule has 0 heteroatoms. The fourth-order valence-electron chi connectivity index (χ4n) is 9.26. The van der Waals surface area contributed by atoms with E-state index >= 15 is 0 Å². The molecule has 0 heterocycles. The summed E-state index contributed by atoms with van der Waals surface area (Å²) in [6, 6.07) is 80.6. The molecule has 11 aromatic rings. The molecule has 0 amide bonds. The van der Waals surface area contributed by atoms with Gasteiger partial charge in [-0.3, -0.25) is 0 Å². The molecule has 0 aromatic heterocycles. The zero-order chi connectivity index (χ0) is 37.0. The summed E-state index contributed by atoms with van der Waals surface area (Å²) in [5.74, 6) is 0. The van der Waals surface area contributed by atoms with Gasteiger partial charge in [0.15, 0.2) is 0 Å². The Kier molecular flexibility index (Phi) is 7.60. The summed E-state index contributed by atoms with van der Waals surface area (Å²) in [5, 5.41) is 10.1. The maximum atomic E-state index is 2.39. The second-order valence-corrected chi connectivity index (χ2v) is 14.7. The molecule has 56 heavy (non-hydrogen) atoms. The standard InChI is InChI=1S/C56H36/c1-5-18-38(19-6-1)51-52(39-20-7-2-8-21-39)54(41-24-11-4-12-25-41)56(48-36-34-44-32-31-42-27-15-28-43-33-35-47(48)50(44)49(42)43)55(53(51)40-22-9-3-10-23-40)46-30-16-26-37-17-13-14-29-45(37)46/h1-36H. The van der Waals surface area contributed by atoms with Gasteiger partial charge in [0.25, 0.3) is 0 Å². The zero-order valence-electron chi connectivity index (χ0n) is 30.8. The van der Waals surface area contributed by atoms with E-state index in [2.05, 4.69) is 218 Å². The van der Waals surface area contributed by atoms with Gasteiger partial charge in [-0.25, -0.2) is 0 Å². The lowest BCUT2D eigenvalue weighted by atomic mass is 9.73. The Hall–Kier alpha value is -7.28. The summed E-state index contributed by atoms with van der Waals surface area (Å²) < 4.78 is 0. The highest BCUT2D eigenvalue weighted by atomic mass is 14.3. The van der Waals surface area contributed by atoms with Gasteiger partial charge in [-0.2, -0.15) is 0 Å². The third-order valence-electron chi connectivity index (χ3n) is 11.6.